The zero-order valence-corrected chi connectivity index (χ0v) is 23.2. The smallest absolute Gasteiger partial charge is 0.410 e. The third-order valence-corrected chi connectivity index (χ3v) is 7.01. The molecule has 1 unspecified atom stereocenters. The molecule has 0 saturated heterocycles. The summed E-state index contributed by atoms with van der Waals surface area (Å²) in [6.07, 6.45) is 0.892. The highest BCUT2D eigenvalue weighted by Gasteiger charge is 2.18. The van der Waals surface area contributed by atoms with E-state index in [1.807, 2.05) is 72.4 Å². The Morgan fingerprint density at radius 2 is 1.56 bits per heavy atom. The van der Waals surface area contributed by atoms with Crippen LogP contribution >= 0.6 is 11.8 Å². The summed E-state index contributed by atoms with van der Waals surface area (Å²) in [4.78, 5) is 27.2. The zero-order chi connectivity index (χ0) is 27.7. The van der Waals surface area contributed by atoms with Gasteiger partial charge >= 0.3 is 12.1 Å². The van der Waals surface area contributed by atoms with Gasteiger partial charge in [-0.25, -0.2) is 9.59 Å². The third kappa shape index (κ3) is 11.4. The molecule has 3 aromatic carbocycles. The number of hydrogen-bond acceptors (Lipinski definition) is 6. The molecule has 0 heterocycles. The molecule has 8 heteroatoms. The maximum absolute atomic E-state index is 12.9. The van der Waals surface area contributed by atoms with E-state index in [2.05, 4.69) is 12.1 Å². The van der Waals surface area contributed by atoms with Gasteiger partial charge < -0.3 is 24.2 Å². The predicted octanol–water partition coefficient (Wildman–Crippen LogP) is 6.31. The number of carbonyl (C=O) groups excluding carboxylic acids is 1. The van der Waals surface area contributed by atoms with E-state index in [9.17, 15) is 14.7 Å². The first-order valence-corrected chi connectivity index (χ1v) is 14.2. The fraction of sp³-hybridized carbons (Fsp3) is 0.355. The Morgan fingerprint density at radius 1 is 0.872 bits per heavy atom. The second-order valence-corrected chi connectivity index (χ2v) is 10.0. The van der Waals surface area contributed by atoms with Crippen molar-refractivity contribution in [1.82, 2.24) is 4.90 Å². The van der Waals surface area contributed by atoms with Crippen LogP contribution in [0.15, 0.2) is 89.8 Å². The lowest BCUT2D eigenvalue weighted by Gasteiger charge is -2.22. The summed E-state index contributed by atoms with van der Waals surface area (Å²) in [5, 5.41) is 9.29. The summed E-state index contributed by atoms with van der Waals surface area (Å²) in [6, 6.07) is 27.2. The minimum atomic E-state index is -0.977. The molecule has 0 aliphatic rings. The molecule has 1 atom stereocenters. The van der Waals surface area contributed by atoms with Crippen molar-refractivity contribution >= 4 is 23.8 Å². The molecular weight excluding hydrogens is 514 g/mol. The molecule has 39 heavy (non-hydrogen) atoms. The number of carboxylic acid groups (broad SMARTS) is 1. The summed E-state index contributed by atoms with van der Waals surface area (Å²) in [6.45, 7) is 3.63. The average Bonchev–Trinajstić information content (AvgIpc) is 2.96. The Bertz CT molecular complexity index is 1110. The van der Waals surface area contributed by atoms with E-state index >= 15 is 0 Å². The van der Waals surface area contributed by atoms with E-state index in [4.69, 9.17) is 14.2 Å². The first-order chi connectivity index (χ1) is 19.0. The van der Waals surface area contributed by atoms with E-state index in [1.165, 1.54) is 4.90 Å². The summed E-state index contributed by atoms with van der Waals surface area (Å²) < 4.78 is 16.8. The van der Waals surface area contributed by atoms with Gasteiger partial charge in [-0.05, 0) is 60.9 Å². The number of carboxylic acids is 1. The van der Waals surface area contributed by atoms with Crippen LogP contribution in [0.3, 0.4) is 0 Å². The van der Waals surface area contributed by atoms with Crippen molar-refractivity contribution in [2.45, 2.75) is 43.8 Å². The Hall–Kier alpha value is -3.49. The van der Waals surface area contributed by atoms with Gasteiger partial charge in [0, 0.05) is 24.5 Å². The van der Waals surface area contributed by atoms with Gasteiger partial charge in [0.2, 0.25) is 0 Å². The molecule has 1 amide bonds. The van der Waals surface area contributed by atoms with Crippen molar-refractivity contribution in [3.63, 3.8) is 0 Å². The molecule has 0 radical (unpaired) electrons. The number of unbranched alkanes of at least 4 members (excludes halogenated alkanes) is 1. The number of hydrogen-bond donors (Lipinski definition) is 1. The quantitative estimate of drug-likeness (QED) is 0.155. The SMILES string of the molecule is CCOC(Cc1ccc(OCCN(CCCCSc2ccccc2)C(=O)OCc2ccccc2)cc1)C(=O)O. The maximum Gasteiger partial charge on any atom is 0.410 e. The maximum atomic E-state index is 12.9. The molecule has 3 rings (SSSR count). The second kappa shape index (κ2) is 17.2. The monoisotopic (exact) mass is 551 g/mol. The fourth-order valence-electron chi connectivity index (χ4n) is 3.84. The molecule has 0 fully saturated rings. The summed E-state index contributed by atoms with van der Waals surface area (Å²) >= 11 is 1.81. The number of aliphatic carboxylic acids is 1. The molecule has 0 saturated carbocycles. The van der Waals surface area contributed by atoms with E-state index in [0.717, 1.165) is 29.7 Å². The standard InChI is InChI=1S/C31H37NO6S/c1-2-36-29(30(33)34)23-25-15-17-27(18-16-25)37-21-20-32(31(35)38-24-26-11-5-3-6-12-26)19-9-10-22-39-28-13-7-4-8-14-28/h3-8,11-18,29H,2,9-10,19-24H2,1H3,(H,33,34). The van der Waals surface area contributed by atoms with Gasteiger partial charge in [-0.2, -0.15) is 0 Å². The normalized spacial score (nSPS) is 11.5. The van der Waals surface area contributed by atoms with Gasteiger partial charge in [0.15, 0.2) is 6.10 Å². The van der Waals surface area contributed by atoms with Crippen molar-refractivity contribution in [2.24, 2.45) is 0 Å². The highest BCUT2D eigenvalue weighted by molar-refractivity contribution is 7.99. The van der Waals surface area contributed by atoms with Crippen LogP contribution in [0.4, 0.5) is 4.79 Å². The molecule has 7 nitrogen and oxygen atoms in total. The molecule has 0 aromatic heterocycles. The third-order valence-electron chi connectivity index (χ3n) is 5.92. The van der Waals surface area contributed by atoms with E-state index in [-0.39, 0.29) is 19.1 Å². The van der Waals surface area contributed by atoms with Crippen LogP contribution in [-0.2, 0) is 27.3 Å². The molecule has 0 spiro atoms. The van der Waals surface area contributed by atoms with Gasteiger partial charge in [0.05, 0.1) is 6.54 Å². The van der Waals surface area contributed by atoms with Crippen molar-refractivity contribution in [1.29, 1.82) is 0 Å². The number of carbonyl (C=O) groups is 2. The van der Waals surface area contributed by atoms with Crippen LogP contribution in [0.5, 0.6) is 5.75 Å². The zero-order valence-electron chi connectivity index (χ0n) is 22.4. The molecule has 0 bridgehead atoms. The number of ether oxygens (including phenoxy) is 3. The first kappa shape index (κ1) is 30.1. The molecule has 208 valence electrons. The van der Waals surface area contributed by atoms with Crippen molar-refractivity contribution < 1.29 is 28.9 Å². The number of rotatable bonds is 17. The second-order valence-electron chi connectivity index (χ2n) is 8.87. The Morgan fingerprint density at radius 3 is 2.23 bits per heavy atom. The number of amides is 1. The summed E-state index contributed by atoms with van der Waals surface area (Å²) in [5.41, 5.74) is 1.79. The molecule has 0 aliphatic heterocycles. The van der Waals surface area contributed by atoms with Crippen LogP contribution in [-0.4, -0.2) is 60.2 Å². The number of benzene rings is 3. The predicted molar refractivity (Wildman–Crippen MR) is 153 cm³/mol. The topological polar surface area (TPSA) is 85.3 Å². The van der Waals surface area contributed by atoms with E-state index in [1.54, 1.807) is 24.0 Å². The van der Waals surface area contributed by atoms with Gasteiger partial charge in [-0.1, -0.05) is 60.7 Å². The number of nitrogens with zero attached hydrogens (tertiary/aromatic N) is 1. The van der Waals surface area contributed by atoms with Crippen LogP contribution < -0.4 is 4.74 Å². The van der Waals surface area contributed by atoms with Crippen LogP contribution in [0.2, 0.25) is 0 Å². The first-order valence-electron chi connectivity index (χ1n) is 13.2. The lowest BCUT2D eigenvalue weighted by Crippen LogP contribution is -2.36. The molecular formula is C31H37NO6S. The van der Waals surface area contributed by atoms with Crippen LogP contribution in [0, 0.1) is 0 Å². The van der Waals surface area contributed by atoms with Gasteiger partial charge in [0.1, 0.15) is 19.0 Å². The minimum absolute atomic E-state index is 0.224. The minimum Gasteiger partial charge on any atom is -0.492 e. The van der Waals surface area contributed by atoms with Crippen LogP contribution in [0.1, 0.15) is 30.9 Å². The van der Waals surface area contributed by atoms with Gasteiger partial charge in [-0.3, -0.25) is 0 Å². The largest absolute Gasteiger partial charge is 0.492 e. The lowest BCUT2D eigenvalue weighted by molar-refractivity contribution is -0.149. The number of thioether (sulfide) groups is 1. The molecule has 1 N–H and O–H groups in total. The highest BCUT2D eigenvalue weighted by atomic mass is 32.2. The lowest BCUT2D eigenvalue weighted by atomic mass is 10.1. The highest BCUT2D eigenvalue weighted by Crippen LogP contribution is 2.19. The summed E-state index contributed by atoms with van der Waals surface area (Å²) in [5.74, 6) is 0.653. The van der Waals surface area contributed by atoms with E-state index < -0.39 is 12.1 Å². The molecule has 0 aliphatic carbocycles. The van der Waals surface area contributed by atoms with Crippen molar-refractivity contribution in [2.75, 3.05) is 32.1 Å². The summed E-state index contributed by atoms with van der Waals surface area (Å²) in [7, 11) is 0. The average molecular weight is 552 g/mol. The molecule has 3 aromatic rings. The van der Waals surface area contributed by atoms with E-state index in [0.29, 0.717) is 32.1 Å². The van der Waals surface area contributed by atoms with Crippen molar-refractivity contribution in [3.05, 3.63) is 96.1 Å². The van der Waals surface area contributed by atoms with Gasteiger partial charge in [0.25, 0.3) is 0 Å². The van der Waals surface area contributed by atoms with Gasteiger partial charge in [-0.15, -0.1) is 11.8 Å². The Kier molecular flexibility index (Phi) is 13.2. The fourth-order valence-corrected chi connectivity index (χ4v) is 4.78. The Balaban J connectivity index is 1.48. The Labute approximate surface area is 235 Å². The van der Waals surface area contributed by atoms with Crippen LogP contribution in [0.25, 0.3) is 0 Å². The van der Waals surface area contributed by atoms with Crippen molar-refractivity contribution in [3.8, 4) is 5.75 Å².